The molecular weight excluding hydrogens is 222 g/mol. The number of nitrogens with two attached hydrogens (primary N) is 1. The van der Waals surface area contributed by atoms with Crippen LogP contribution in [-0.2, 0) is 0 Å². The van der Waals surface area contributed by atoms with E-state index in [4.69, 9.17) is 5.73 Å². The molecule has 0 bridgehead atoms. The van der Waals surface area contributed by atoms with Crippen molar-refractivity contribution in [3.05, 3.63) is 66.9 Å². The van der Waals surface area contributed by atoms with Gasteiger partial charge < -0.3 is 5.73 Å². The minimum Gasteiger partial charge on any atom is -0.397 e. The molecule has 18 heavy (non-hydrogen) atoms. The fourth-order valence-electron chi connectivity index (χ4n) is 2.00. The summed E-state index contributed by atoms with van der Waals surface area (Å²) in [5.74, 6) is 0. The highest BCUT2D eigenvalue weighted by Crippen LogP contribution is 2.24. The quantitative estimate of drug-likeness (QED) is 0.693. The first-order valence-corrected chi connectivity index (χ1v) is 5.80. The van der Waals surface area contributed by atoms with E-state index in [0.29, 0.717) is 0 Å². The Balaban J connectivity index is 2.16. The number of anilines is 1. The number of aromatic nitrogens is 2. The van der Waals surface area contributed by atoms with Crippen molar-refractivity contribution in [3.63, 3.8) is 0 Å². The minimum atomic E-state index is 0.721. The van der Waals surface area contributed by atoms with Gasteiger partial charge in [0, 0.05) is 5.56 Å². The van der Waals surface area contributed by atoms with Crippen LogP contribution in [0.15, 0.2) is 66.9 Å². The van der Waals surface area contributed by atoms with E-state index in [1.165, 1.54) is 0 Å². The Hall–Kier alpha value is -2.55. The number of nitrogen functional groups attached to an aromatic ring is 1. The van der Waals surface area contributed by atoms with Crippen molar-refractivity contribution in [2.24, 2.45) is 0 Å². The fourth-order valence-corrected chi connectivity index (χ4v) is 2.00. The molecule has 0 unspecified atom stereocenters. The zero-order chi connectivity index (χ0) is 12.4. The van der Waals surface area contributed by atoms with Crippen LogP contribution in [0.4, 0.5) is 5.69 Å². The molecule has 0 aliphatic carbocycles. The maximum Gasteiger partial charge on any atom is 0.0882 e. The Morgan fingerprint density at radius 1 is 0.833 bits per heavy atom. The van der Waals surface area contributed by atoms with Crippen molar-refractivity contribution in [3.8, 4) is 16.9 Å². The van der Waals surface area contributed by atoms with Crippen LogP contribution in [0.5, 0.6) is 0 Å². The van der Waals surface area contributed by atoms with E-state index < -0.39 is 0 Å². The van der Waals surface area contributed by atoms with Crippen LogP contribution < -0.4 is 5.73 Å². The number of hydrogen-bond donors (Lipinski definition) is 1. The summed E-state index contributed by atoms with van der Waals surface area (Å²) >= 11 is 0. The molecule has 0 saturated carbocycles. The van der Waals surface area contributed by atoms with Crippen molar-refractivity contribution >= 4 is 5.69 Å². The predicted molar refractivity (Wildman–Crippen MR) is 73.4 cm³/mol. The molecule has 1 aromatic heterocycles. The van der Waals surface area contributed by atoms with Gasteiger partial charge in [-0.2, -0.15) is 5.10 Å². The lowest BCUT2D eigenvalue weighted by atomic mass is 10.1. The van der Waals surface area contributed by atoms with Gasteiger partial charge in [-0.25, -0.2) is 4.68 Å². The maximum absolute atomic E-state index is 6.00. The highest BCUT2D eigenvalue weighted by molar-refractivity contribution is 5.66. The molecule has 3 rings (SSSR count). The summed E-state index contributed by atoms with van der Waals surface area (Å²) in [5.41, 5.74) is 9.78. The van der Waals surface area contributed by atoms with E-state index >= 15 is 0 Å². The van der Waals surface area contributed by atoms with Crippen LogP contribution >= 0.6 is 0 Å². The van der Waals surface area contributed by atoms with Crippen molar-refractivity contribution < 1.29 is 0 Å². The van der Waals surface area contributed by atoms with Gasteiger partial charge in [-0.1, -0.05) is 42.5 Å². The summed E-state index contributed by atoms with van der Waals surface area (Å²) in [6, 6.07) is 19.9. The maximum atomic E-state index is 6.00. The molecule has 0 fully saturated rings. The molecule has 1 heterocycles. The largest absolute Gasteiger partial charge is 0.397 e. The summed E-state index contributed by atoms with van der Waals surface area (Å²) in [4.78, 5) is 0. The zero-order valence-corrected chi connectivity index (χ0v) is 9.82. The van der Waals surface area contributed by atoms with Gasteiger partial charge in [-0.05, 0) is 18.2 Å². The normalized spacial score (nSPS) is 10.4. The van der Waals surface area contributed by atoms with E-state index in [0.717, 1.165) is 22.6 Å². The highest BCUT2D eigenvalue weighted by atomic mass is 15.3. The molecule has 88 valence electrons. The number of nitrogens with zero attached hydrogens (tertiary/aromatic N) is 2. The van der Waals surface area contributed by atoms with Crippen LogP contribution in [0.25, 0.3) is 16.9 Å². The van der Waals surface area contributed by atoms with Crippen LogP contribution in [-0.4, -0.2) is 9.78 Å². The molecular formula is C15H13N3. The standard InChI is InChI=1S/C15H13N3/c16-13-8-4-5-9-15(13)18-14(10-11-17-18)12-6-2-1-3-7-12/h1-11H,16H2. The molecule has 0 aliphatic rings. The molecule has 0 spiro atoms. The van der Waals surface area contributed by atoms with Gasteiger partial charge >= 0.3 is 0 Å². The topological polar surface area (TPSA) is 43.8 Å². The predicted octanol–water partition coefficient (Wildman–Crippen LogP) is 3.12. The molecule has 0 atom stereocenters. The van der Waals surface area contributed by atoms with Gasteiger partial charge in [0.25, 0.3) is 0 Å². The number of rotatable bonds is 2. The first-order valence-electron chi connectivity index (χ1n) is 5.80. The molecule has 3 nitrogen and oxygen atoms in total. The van der Waals surface area contributed by atoms with Crippen LogP contribution in [0.1, 0.15) is 0 Å². The Bertz CT molecular complexity index is 656. The molecule has 0 saturated heterocycles. The fraction of sp³-hybridized carbons (Fsp3) is 0. The summed E-state index contributed by atoms with van der Waals surface area (Å²) in [6.07, 6.45) is 1.79. The third-order valence-corrected chi connectivity index (χ3v) is 2.88. The summed E-state index contributed by atoms with van der Waals surface area (Å²) < 4.78 is 1.87. The number of hydrogen-bond acceptors (Lipinski definition) is 2. The summed E-state index contributed by atoms with van der Waals surface area (Å²) in [7, 11) is 0. The van der Waals surface area contributed by atoms with Crippen molar-refractivity contribution in [1.29, 1.82) is 0 Å². The van der Waals surface area contributed by atoms with Crippen LogP contribution in [0.3, 0.4) is 0 Å². The SMILES string of the molecule is Nc1ccccc1-n1nccc1-c1ccccc1. The minimum absolute atomic E-state index is 0.721. The summed E-state index contributed by atoms with van der Waals surface area (Å²) in [5, 5.41) is 4.36. The molecule has 2 N–H and O–H groups in total. The van der Waals surface area contributed by atoms with Gasteiger partial charge in [0.15, 0.2) is 0 Å². The Morgan fingerprint density at radius 3 is 2.33 bits per heavy atom. The highest BCUT2D eigenvalue weighted by Gasteiger charge is 2.08. The molecule has 0 aliphatic heterocycles. The average Bonchev–Trinajstić information content (AvgIpc) is 2.89. The zero-order valence-electron chi connectivity index (χ0n) is 9.82. The Morgan fingerprint density at radius 2 is 1.56 bits per heavy atom. The van der Waals surface area contributed by atoms with Crippen molar-refractivity contribution in [2.75, 3.05) is 5.73 Å². The number of para-hydroxylation sites is 2. The van der Waals surface area contributed by atoms with Crippen LogP contribution in [0.2, 0.25) is 0 Å². The van der Waals surface area contributed by atoms with E-state index in [9.17, 15) is 0 Å². The Labute approximate surface area is 105 Å². The monoisotopic (exact) mass is 235 g/mol. The molecule has 0 amide bonds. The lowest BCUT2D eigenvalue weighted by molar-refractivity contribution is 0.890. The Kier molecular flexibility index (Phi) is 2.57. The van der Waals surface area contributed by atoms with E-state index in [1.54, 1.807) is 6.20 Å². The van der Waals surface area contributed by atoms with Gasteiger partial charge in [0.1, 0.15) is 0 Å². The van der Waals surface area contributed by atoms with Gasteiger partial charge in [-0.15, -0.1) is 0 Å². The van der Waals surface area contributed by atoms with Crippen molar-refractivity contribution in [2.45, 2.75) is 0 Å². The second-order valence-electron chi connectivity index (χ2n) is 4.05. The van der Waals surface area contributed by atoms with Gasteiger partial charge in [0.05, 0.1) is 23.3 Å². The average molecular weight is 235 g/mol. The smallest absolute Gasteiger partial charge is 0.0882 e. The van der Waals surface area contributed by atoms with Gasteiger partial charge in [-0.3, -0.25) is 0 Å². The third kappa shape index (κ3) is 1.76. The van der Waals surface area contributed by atoms with Crippen LogP contribution in [0, 0.1) is 0 Å². The number of benzene rings is 2. The van der Waals surface area contributed by atoms with E-state index in [-0.39, 0.29) is 0 Å². The third-order valence-electron chi connectivity index (χ3n) is 2.88. The molecule has 0 radical (unpaired) electrons. The second kappa shape index (κ2) is 4.37. The molecule has 2 aromatic carbocycles. The van der Waals surface area contributed by atoms with E-state index in [1.807, 2.05) is 53.2 Å². The summed E-state index contributed by atoms with van der Waals surface area (Å²) in [6.45, 7) is 0. The second-order valence-corrected chi connectivity index (χ2v) is 4.05. The first kappa shape index (κ1) is 10.6. The van der Waals surface area contributed by atoms with Gasteiger partial charge in [0.2, 0.25) is 0 Å². The molecule has 3 heteroatoms. The van der Waals surface area contributed by atoms with E-state index in [2.05, 4.69) is 17.2 Å². The lowest BCUT2D eigenvalue weighted by Gasteiger charge is -2.09. The first-order chi connectivity index (χ1) is 8.86. The lowest BCUT2D eigenvalue weighted by Crippen LogP contribution is -2.02. The molecule has 3 aromatic rings. The van der Waals surface area contributed by atoms with Crippen molar-refractivity contribution in [1.82, 2.24) is 9.78 Å².